The van der Waals surface area contributed by atoms with Gasteiger partial charge in [-0.05, 0) is 78.7 Å². The van der Waals surface area contributed by atoms with Crippen LogP contribution < -0.4 is 10.2 Å². The molecule has 0 radical (unpaired) electrons. The minimum absolute atomic E-state index is 0.121. The van der Waals surface area contributed by atoms with Gasteiger partial charge in [0.1, 0.15) is 6.04 Å². The van der Waals surface area contributed by atoms with Crippen LogP contribution in [0.2, 0.25) is 0 Å². The molecule has 1 unspecified atom stereocenters. The lowest BCUT2D eigenvalue weighted by molar-refractivity contribution is -0.384. The number of carbonyl (C=O) groups is 3. The highest BCUT2D eigenvalue weighted by molar-refractivity contribution is 6.05. The van der Waals surface area contributed by atoms with Crippen LogP contribution in [0.5, 0.6) is 0 Å². The largest absolute Gasteiger partial charge is 0.369 e. The number of nitro benzene ring substituents is 1. The average Bonchev–Trinajstić information content (AvgIpc) is 3.41. The van der Waals surface area contributed by atoms with E-state index in [9.17, 15) is 24.5 Å². The molecule has 0 spiro atoms. The van der Waals surface area contributed by atoms with Crippen molar-refractivity contribution in [3.05, 3.63) is 105 Å². The maximum Gasteiger partial charge on any atom is 0.269 e. The van der Waals surface area contributed by atoms with Gasteiger partial charge in [-0.1, -0.05) is 36.4 Å². The minimum atomic E-state index is -0.583. The number of nitrogens with zero attached hydrogens (tertiary/aromatic N) is 5. The number of piperazine rings is 1. The number of nitrogens with one attached hydrogen (secondary N) is 1. The predicted molar refractivity (Wildman–Crippen MR) is 177 cm³/mol. The van der Waals surface area contributed by atoms with E-state index in [4.69, 9.17) is 0 Å². The Morgan fingerprint density at radius 3 is 2.02 bits per heavy atom. The summed E-state index contributed by atoms with van der Waals surface area (Å²) < 4.78 is 0. The molecule has 11 heteroatoms. The maximum absolute atomic E-state index is 13.1. The standard InChI is InChI=1S/C36H40N6O5/c43-34-12-11-33(35(44)37-34)41-24-29-21-28(5-10-32(29)36(41)45)27-13-15-38(16-14-27)22-25-1-3-26(4-2-25)23-39-17-19-40(20-18-39)30-6-8-31(9-7-30)42(46)47/h1-10,21,27,33H,11-20,22-24H2,(H,37,43,44). The SMILES string of the molecule is O=C1CCC(N2Cc3cc(C4CCN(Cc5ccc(CN6CCN(c7ccc([N+](=O)[O-])cc7)CC6)cc5)CC4)ccc3C2=O)C(=O)N1. The van der Waals surface area contributed by atoms with Gasteiger partial charge in [0.25, 0.3) is 11.6 Å². The molecule has 3 aromatic carbocycles. The zero-order chi connectivity index (χ0) is 32.5. The van der Waals surface area contributed by atoms with Gasteiger partial charge in [0.2, 0.25) is 11.8 Å². The molecule has 3 aromatic rings. The van der Waals surface area contributed by atoms with Crippen molar-refractivity contribution >= 4 is 29.1 Å². The summed E-state index contributed by atoms with van der Waals surface area (Å²) in [7, 11) is 0. The number of nitro groups is 1. The fourth-order valence-electron chi connectivity index (χ4n) is 7.49. The number of rotatable bonds is 8. The van der Waals surface area contributed by atoms with E-state index in [0.29, 0.717) is 24.4 Å². The van der Waals surface area contributed by atoms with Crippen LogP contribution in [-0.4, -0.2) is 82.7 Å². The maximum atomic E-state index is 13.1. The first kappa shape index (κ1) is 31.0. The van der Waals surface area contributed by atoms with Gasteiger partial charge in [0.15, 0.2) is 0 Å². The first-order chi connectivity index (χ1) is 22.8. The Kier molecular flexibility index (Phi) is 8.74. The highest BCUT2D eigenvalue weighted by atomic mass is 16.6. The third kappa shape index (κ3) is 6.77. The number of hydrogen-bond acceptors (Lipinski definition) is 8. The quantitative estimate of drug-likeness (QED) is 0.224. The van der Waals surface area contributed by atoms with Crippen LogP contribution in [0.25, 0.3) is 0 Å². The van der Waals surface area contributed by atoms with Gasteiger partial charge in [-0.3, -0.25) is 39.6 Å². The van der Waals surface area contributed by atoms with E-state index in [0.717, 1.165) is 76.5 Å². The predicted octanol–water partition coefficient (Wildman–Crippen LogP) is 4.06. The third-order valence-corrected chi connectivity index (χ3v) is 10.2. The van der Waals surface area contributed by atoms with Crippen molar-refractivity contribution in [1.29, 1.82) is 0 Å². The molecular formula is C36H40N6O5. The first-order valence-corrected chi connectivity index (χ1v) is 16.6. The molecular weight excluding hydrogens is 596 g/mol. The summed E-state index contributed by atoms with van der Waals surface area (Å²) in [4.78, 5) is 56.5. The zero-order valence-electron chi connectivity index (χ0n) is 26.5. The topological polar surface area (TPSA) is 119 Å². The molecule has 3 fully saturated rings. The highest BCUT2D eigenvalue weighted by Gasteiger charge is 2.39. The Bertz CT molecular complexity index is 1660. The Morgan fingerprint density at radius 2 is 1.40 bits per heavy atom. The second kappa shape index (κ2) is 13.2. The van der Waals surface area contributed by atoms with Gasteiger partial charge < -0.3 is 9.80 Å². The molecule has 0 bridgehead atoms. The molecule has 4 heterocycles. The molecule has 0 aromatic heterocycles. The van der Waals surface area contributed by atoms with Crippen LogP contribution in [0.3, 0.4) is 0 Å². The number of hydrogen-bond donors (Lipinski definition) is 1. The fraction of sp³-hybridized carbons (Fsp3) is 0.417. The first-order valence-electron chi connectivity index (χ1n) is 16.6. The lowest BCUT2D eigenvalue weighted by atomic mass is 9.87. The molecule has 4 aliphatic rings. The third-order valence-electron chi connectivity index (χ3n) is 10.2. The molecule has 7 rings (SSSR count). The molecule has 0 saturated carbocycles. The monoisotopic (exact) mass is 636 g/mol. The summed E-state index contributed by atoms with van der Waals surface area (Å²) >= 11 is 0. The van der Waals surface area contributed by atoms with E-state index < -0.39 is 6.04 Å². The Labute approximate surface area is 274 Å². The van der Waals surface area contributed by atoms with Crippen molar-refractivity contribution in [2.75, 3.05) is 44.2 Å². The van der Waals surface area contributed by atoms with Gasteiger partial charge in [0, 0.05) is 75.6 Å². The molecule has 1 atom stereocenters. The Morgan fingerprint density at radius 1 is 0.766 bits per heavy atom. The van der Waals surface area contributed by atoms with Crippen molar-refractivity contribution < 1.29 is 19.3 Å². The van der Waals surface area contributed by atoms with Crippen LogP contribution in [0, 0.1) is 10.1 Å². The number of amides is 3. The van der Waals surface area contributed by atoms with Gasteiger partial charge in [0.05, 0.1) is 4.92 Å². The summed E-state index contributed by atoms with van der Waals surface area (Å²) in [6.45, 7) is 8.00. The number of fused-ring (bicyclic) bond motifs is 1. The minimum Gasteiger partial charge on any atom is -0.369 e. The van der Waals surface area contributed by atoms with Gasteiger partial charge in [-0.2, -0.15) is 0 Å². The van der Waals surface area contributed by atoms with Crippen molar-refractivity contribution in [2.24, 2.45) is 0 Å². The Hall–Kier alpha value is -4.61. The van der Waals surface area contributed by atoms with Crippen LogP contribution in [0.15, 0.2) is 66.7 Å². The van der Waals surface area contributed by atoms with E-state index in [2.05, 4.69) is 56.4 Å². The molecule has 11 nitrogen and oxygen atoms in total. The summed E-state index contributed by atoms with van der Waals surface area (Å²) in [5.41, 5.74) is 6.69. The molecule has 1 N–H and O–H groups in total. The number of carbonyl (C=O) groups excluding carboxylic acids is 3. The van der Waals surface area contributed by atoms with Crippen molar-refractivity contribution in [3.63, 3.8) is 0 Å². The zero-order valence-corrected chi connectivity index (χ0v) is 26.5. The normalized spacial score (nSPS) is 21.2. The molecule has 0 aliphatic carbocycles. The number of anilines is 1. The average molecular weight is 637 g/mol. The smallest absolute Gasteiger partial charge is 0.269 e. The number of likely N-dealkylation sites (tertiary alicyclic amines) is 1. The van der Waals surface area contributed by atoms with Gasteiger partial charge in [-0.25, -0.2) is 0 Å². The molecule has 3 amide bonds. The lowest BCUT2D eigenvalue weighted by Crippen LogP contribution is -2.52. The van der Waals surface area contributed by atoms with Crippen molar-refractivity contribution in [3.8, 4) is 0 Å². The summed E-state index contributed by atoms with van der Waals surface area (Å²) in [6, 6.07) is 21.4. The number of benzene rings is 3. The number of piperidine rings is 2. The van der Waals surface area contributed by atoms with Crippen molar-refractivity contribution in [1.82, 2.24) is 20.0 Å². The van der Waals surface area contributed by atoms with E-state index in [-0.39, 0.29) is 34.8 Å². The second-order valence-corrected chi connectivity index (χ2v) is 13.2. The molecule has 47 heavy (non-hydrogen) atoms. The van der Waals surface area contributed by atoms with E-state index >= 15 is 0 Å². The highest BCUT2D eigenvalue weighted by Crippen LogP contribution is 2.34. The Balaban J connectivity index is 0.865. The summed E-state index contributed by atoms with van der Waals surface area (Å²) in [5.74, 6) is -0.323. The van der Waals surface area contributed by atoms with Crippen LogP contribution in [-0.2, 0) is 29.2 Å². The fourth-order valence-corrected chi connectivity index (χ4v) is 7.49. The number of imide groups is 1. The molecule has 4 aliphatic heterocycles. The van der Waals surface area contributed by atoms with Crippen LogP contribution >= 0.6 is 0 Å². The van der Waals surface area contributed by atoms with E-state index in [1.165, 1.54) is 16.7 Å². The van der Waals surface area contributed by atoms with E-state index in [1.807, 2.05) is 18.2 Å². The molecule has 3 saturated heterocycles. The summed E-state index contributed by atoms with van der Waals surface area (Å²) in [5, 5.41) is 13.3. The molecule has 244 valence electrons. The van der Waals surface area contributed by atoms with Crippen molar-refractivity contribution in [2.45, 2.75) is 57.3 Å². The van der Waals surface area contributed by atoms with Crippen LogP contribution in [0.1, 0.15) is 64.2 Å². The second-order valence-electron chi connectivity index (χ2n) is 13.2. The van der Waals surface area contributed by atoms with E-state index in [1.54, 1.807) is 17.0 Å². The number of non-ortho nitro benzene ring substituents is 1. The van der Waals surface area contributed by atoms with Crippen LogP contribution in [0.4, 0.5) is 11.4 Å². The van der Waals surface area contributed by atoms with Gasteiger partial charge in [-0.15, -0.1) is 0 Å². The van der Waals surface area contributed by atoms with Gasteiger partial charge >= 0.3 is 0 Å². The summed E-state index contributed by atoms with van der Waals surface area (Å²) in [6.07, 6.45) is 2.77. The lowest BCUT2D eigenvalue weighted by Gasteiger charge is -2.36.